The highest BCUT2D eigenvalue weighted by molar-refractivity contribution is 5.95. The Bertz CT molecular complexity index is 1080. The third kappa shape index (κ3) is 2.63. The monoisotopic (exact) mass is 353 g/mol. The third-order valence-electron chi connectivity index (χ3n) is 4.26. The Labute approximate surface area is 147 Å². The first-order chi connectivity index (χ1) is 12.5. The maximum atomic E-state index is 13.5. The van der Waals surface area contributed by atoms with Gasteiger partial charge in [-0.2, -0.15) is 18.3 Å². The number of hydrogen-bond acceptors (Lipinski definition) is 2. The number of halogens is 3. The van der Waals surface area contributed by atoms with Crippen LogP contribution in [0, 0.1) is 6.92 Å². The van der Waals surface area contributed by atoms with Crippen LogP contribution in [-0.2, 0) is 6.18 Å². The van der Waals surface area contributed by atoms with Crippen molar-refractivity contribution < 1.29 is 13.2 Å². The fourth-order valence-electron chi connectivity index (χ4n) is 3.06. The van der Waals surface area contributed by atoms with Crippen LogP contribution < -0.4 is 0 Å². The van der Waals surface area contributed by atoms with E-state index in [0.29, 0.717) is 16.8 Å². The zero-order valence-electron chi connectivity index (χ0n) is 13.8. The van der Waals surface area contributed by atoms with E-state index in [-0.39, 0.29) is 5.52 Å². The van der Waals surface area contributed by atoms with Crippen molar-refractivity contribution in [3.05, 3.63) is 78.0 Å². The summed E-state index contributed by atoms with van der Waals surface area (Å²) in [5, 5.41) is 4.76. The summed E-state index contributed by atoms with van der Waals surface area (Å²) < 4.78 is 42.0. The molecule has 4 rings (SSSR count). The highest BCUT2D eigenvalue weighted by atomic mass is 19.4. The fourth-order valence-corrected chi connectivity index (χ4v) is 3.06. The van der Waals surface area contributed by atoms with E-state index < -0.39 is 11.7 Å². The summed E-state index contributed by atoms with van der Waals surface area (Å²) in [6.07, 6.45) is -2.87. The minimum Gasteiger partial charge on any atom is -0.255 e. The molecule has 0 aliphatic carbocycles. The van der Waals surface area contributed by atoms with E-state index >= 15 is 0 Å². The average Bonchev–Trinajstić information content (AvgIpc) is 3.01. The summed E-state index contributed by atoms with van der Waals surface area (Å²) in [4.78, 5) is 4.34. The molecule has 0 radical (unpaired) electrons. The van der Waals surface area contributed by atoms with Crippen LogP contribution in [0.25, 0.3) is 28.0 Å². The van der Waals surface area contributed by atoms with Crippen molar-refractivity contribution in [3.8, 4) is 17.1 Å². The van der Waals surface area contributed by atoms with Crippen molar-refractivity contribution in [3.63, 3.8) is 0 Å². The number of hydrogen-bond donors (Lipinski definition) is 0. The van der Waals surface area contributed by atoms with Crippen molar-refractivity contribution in [2.45, 2.75) is 13.1 Å². The van der Waals surface area contributed by atoms with Gasteiger partial charge >= 0.3 is 6.18 Å². The second-order valence-electron chi connectivity index (χ2n) is 5.96. The molecule has 2 aromatic heterocycles. The predicted molar refractivity (Wildman–Crippen MR) is 94.0 cm³/mol. The molecule has 0 saturated carbocycles. The minimum atomic E-state index is -4.48. The number of fused-ring (bicyclic) bond motifs is 1. The molecule has 0 N–H and O–H groups in total. The van der Waals surface area contributed by atoms with Gasteiger partial charge in [-0.1, -0.05) is 36.4 Å². The predicted octanol–water partition coefficient (Wildman–Crippen LogP) is 5.41. The lowest BCUT2D eigenvalue weighted by Gasteiger charge is -2.10. The van der Waals surface area contributed by atoms with Crippen molar-refractivity contribution in [2.24, 2.45) is 0 Å². The molecule has 6 heteroatoms. The number of rotatable bonds is 2. The lowest BCUT2D eigenvalue weighted by Crippen LogP contribution is -2.06. The molecule has 0 amide bonds. The van der Waals surface area contributed by atoms with Gasteiger partial charge in [-0.25, -0.2) is 4.68 Å². The molecule has 2 aromatic carbocycles. The maximum Gasteiger partial charge on any atom is 0.418 e. The first-order valence-corrected chi connectivity index (χ1v) is 8.03. The molecular formula is C20H14F3N3. The van der Waals surface area contributed by atoms with E-state index in [4.69, 9.17) is 0 Å². The summed E-state index contributed by atoms with van der Waals surface area (Å²) in [7, 11) is 0. The van der Waals surface area contributed by atoms with Crippen LogP contribution in [0.4, 0.5) is 13.2 Å². The van der Waals surface area contributed by atoms with E-state index in [0.717, 1.165) is 17.3 Å². The quantitative estimate of drug-likeness (QED) is 0.482. The van der Waals surface area contributed by atoms with Gasteiger partial charge in [-0.3, -0.25) is 4.98 Å². The summed E-state index contributed by atoms with van der Waals surface area (Å²) >= 11 is 0. The molecule has 130 valence electrons. The molecule has 0 spiro atoms. The van der Waals surface area contributed by atoms with E-state index in [2.05, 4.69) is 10.1 Å². The van der Waals surface area contributed by atoms with Crippen LogP contribution in [0.1, 0.15) is 11.1 Å². The fraction of sp³-hybridized carbons (Fsp3) is 0.100. The molecule has 0 saturated heterocycles. The van der Waals surface area contributed by atoms with Crippen LogP contribution in [0.3, 0.4) is 0 Å². The first-order valence-electron chi connectivity index (χ1n) is 8.03. The molecule has 26 heavy (non-hydrogen) atoms. The topological polar surface area (TPSA) is 30.7 Å². The standard InChI is InChI=1S/C20H14F3N3/c1-13-7-2-3-11-17(13)26-19(16-10-4-5-12-24-16)14-8-6-9-15(18(14)25-26)20(21,22)23/h2-12H,1H3. The number of benzene rings is 2. The molecule has 2 heterocycles. The molecule has 0 unspecified atom stereocenters. The minimum absolute atomic E-state index is 0.0797. The van der Waals surface area contributed by atoms with Gasteiger partial charge in [0.05, 0.1) is 16.9 Å². The number of pyridine rings is 1. The Hall–Kier alpha value is -3.15. The Morgan fingerprint density at radius 2 is 1.65 bits per heavy atom. The largest absolute Gasteiger partial charge is 0.418 e. The normalized spacial score (nSPS) is 11.8. The van der Waals surface area contributed by atoms with Crippen LogP contribution in [0.2, 0.25) is 0 Å². The van der Waals surface area contributed by atoms with E-state index in [9.17, 15) is 13.2 Å². The molecule has 4 aromatic rings. The van der Waals surface area contributed by atoms with Gasteiger partial charge < -0.3 is 0 Å². The summed E-state index contributed by atoms with van der Waals surface area (Å²) in [5.41, 5.74) is 1.91. The second kappa shape index (κ2) is 5.98. The Kier molecular flexibility index (Phi) is 3.76. The summed E-state index contributed by atoms with van der Waals surface area (Å²) in [6, 6.07) is 16.9. The van der Waals surface area contributed by atoms with E-state index in [1.165, 1.54) is 6.07 Å². The number of para-hydroxylation sites is 1. The number of aromatic nitrogens is 3. The van der Waals surface area contributed by atoms with Gasteiger partial charge in [0.1, 0.15) is 11.2 Å². The SMILES string of the molecule is Cc1ccccc1-n1nc2c(C(F)(F)F)cccc2c1-c1ccccn1. The second-order valence-corrected chi connectivity index (χ2v) is 5.96. The Morgan fingerprint density at radius 1 is 0.885 bits per heavy atom. The van der Waals surface area contributed by atoms with Crippen molar-refractivity contribution in [1.29, 1.82) is 0 Å². The van der Waals surface area contributed by atoms with Gasteiger partial charge in [0.25, 0.3) is 0 Å². The van der Waals surface area contributed by atoms with Crippen molar-refractivity contribution in [2.75, 3.05) is 0 Å². The zero-order valence-corrected chi connectivity index (χ0v) is 13.8. The molecule has 0 atom stereocenters. The van der Waals surface area contributed by atoms with Crippen molar-refractivity contribution >= 4 is 10.9 Å². The van der Waals surface area contributed by atoms with Gasteiger partial charge in [0.15, 0.2) is 0 Å². The molecule has 0 fully saturated rings. The lowest BCUT2D eigenvalue weighted by atomic mass is 10.1. The number of aryl methyl sites for hydroxylation is 1. The summed E-state index contributed by atoms with van der Waals surface area (Å²) in [5.74, 6) is 0. The van der Waals surface area contributed by atoms with E-state index in [1.54, 1.807) is 35.1 Å². The van der Waals surface area contributed by atoms with Crippen LogP contribution >= 0.6 is 0 Å². The van der Waals surface area contributed by atoms with Gasteiger partial charge in [-0.15, -0.1) is 0 Å². The van der Waals surface area contributed by atoms with Crippen LogP contribution in [0.15, 0.2) is 66.9 Å². The summed E-state index contributed by atoms with van der Waals surface area (Å²) in [6.45, 7) is 1.90. The molecule has 0 aliphatic rings. The van der Waals surface area contributed by atoms with Crippen molar-refractivity contribution in [1.82, 2.24) is 14.8 Å². The molecule has 3 nitrogen and oxygen atoms in total. The number of alkyl halides is 3. The highest BCUT2D eigenvalue weighted by Crippen LogP contribution is 2.38. The maximum absolute atomic E-state index is 13.5. The first kappa shape index (κ1) is 16.3. The Balaban J connectivity index is 2.13. The van der Waals surface area contributed by atoms with Crippen LogP contribution in [0.5, 0.6) is 0 Å². The molecule has 0 aliphatic heterocycles. The lowest BCUT2D eigenvalue weighted by molar-refractivity contribution is -0.136. The number of nitrogens with zero attached hydrogens (tertiary/aromatic N) is 3. The smallest absolute Gasteiger partial charge is 0.255 e. The third-order valence-corrected chi connectivity index (χ3v) is 4.26. The molecular weight excluding hydrogens is 339 g/mol. The zero-order chi connectivity index (χ0) is 18.3. The molecule has 0 bridgehead atoms. The highest BCUT2D eigenvalue weighted by Gasteiger charge is 2.34. The van der Waals surface area contributed by atoms with Gasteiger partial charge in [0.2, 0.25) is 0 Å². The van der Waals surface area contributed by atoms with Crippen LogP contribution in [-0.4, -0.2) is 14.8 Å². The average molecular weight is 353 g/mol. The Morgan fingerprint density at radius 3 is 2.35 bits per heavy atom. The van der Waals surface area contributed by atoms with Gasteiger partial charge in [0, 0.05) is 11.6 Å². The van der Waals surface area contributed by atoms with Gasteiger partial charge in [-0.05, 0) is 36.8 Å². The van der Waals surface area contributed by atoms with E-state index in [1.807, 2.05) is 31.2 Å².